The topological polar surface area (TPSA) is 81.2 Å². The number of benzene rings is 1. The summed E-state index contributed by atoms with van der Waals surface area (Å²) in [4.78, 5) is 10.4. The molecule has 1 aromatic heterocycles. The SMILES string of the molecule is CCC(O)(CC)Cn1ncc2ccc([N+](=O)[O-])cc21. The molecule has 0 atom stereocenters. The second-order valence-corrected chi connectivity index (χ2v) is 4.73. The van der Waals surface area contributed by atoms with Crippen molar-refractivity contribution in [1.82, 2.24) is 9.78 Å². The fourth-order valence-corrected chi connectivity index (χ4v) is 2.05. The lowest BCUT2D eigenvalue weighted by molar-refractivity contribution is -0.384. The molecule has 0 amide bonds. The summed E-state index contributed by atoms with van der Waals surface area (Å²) < 4.78 is 1.63. The fourth-order valence-electron chi connectivity index (χ4n) is 2.05. The third kappa shape index (κ3) is 2.58. The molecule has 0 fully saturated rings. The van der Waals surface area contributed by atoms with E-state index < -0.39 is 10.5 Å². The highest BCUT2D eigenvalue weighted by atomic mass is 16.6. The molecule has 0 radical (unpaired) electrons. The minimum Gasteiger partial charge on any atom is -0.388 e. The molecule has 0 aliphatic rings. The zero-order chi connectivity index (χ0) is 14.0. The van der Waals surface area contributed by atoms with Crippen molar-refractivity contribution < 1.29 is 10.0 Å². The van der Waals surface area contributed by atoms with Crippen LogP contribution in [0.4, 0.5) is 5.69 Å². The van der Waals surface area contributed by atoms with Crippen LogP contribution in [-0.2, 0) is 6.54 Å². The smallest absolute Gasteiger partial charge is 0.271 e. The van der Waals surface area contributed by atoms with Gasteiger partial charge in [-0.15, -0.1) is 0 Å². The fraction of sp³-hybridized carbons (Fsp3) is 0.462. The van der Waals surface area contributed by atoms with E-state index in [-0.39, 0.29) is 5.69 Å². The van der Waals surface area contributed by atoms with Crippen LogP contribution >= 0.6 is 0 Å². The highest BCUT2D eigenvalue weighted by Crippen LogP contribution is 2.24. The third-order valence-corrected chi connectivity index (χ3v) is 3.60. The molecule has 0 aliphatic carbocycles. The van der Waals surface area contributed by atoms with Crippen LogP contribution in [0.2, 0.25) is 0 Å². The van der Waals surface area contributed by atoms with Crippen LogP contribution in [0.3, 0.4) is 0 Å². The van der Waals surface area contributed by atoms with Crippen LogP contribution in [0.1, 0.15) is 26.7 Å². The largest absolute Gasteiger partial charge is 0.388 e. The Morgan fingerprint density at radius 3 is 2.68 bits per heavy atom. The number of hydrogen-bond acceptors (Lipinski definition) is 4. The van der Waals surface area contributed by atoms with Crippen molar-refractivity contribution in [3.05, 3.63) is 34.5 Å². The van der Waals surface area contributed by atoms with Gasteiger partial charge in [-0.25, -0.2) is 0 Å². The number of nitrogens with zero attached hydrogens (tertiary/aromatic N) is 3. The lowest BCUT2D eigenvalue weighted by Gasteiger charge is -2.25. The summed E-state index contributed by atoms with van der Waals surface area (Å²) in [5, 5.41) is 26.2. The zero-order valence-corrected chi connectivity index (χ0v) is 11.0. The van der Waals surface area contributed by atoms with E-state index in [9.17, 15) is 15.2 Å². The first-order valence-corrected chi connectivity index (χ1v) is 6.31. The van der Waals surface area contributed by atoms with Gasteiger partial charge in [0, 0.05) is 17.5 Å². The van der Waals surface area contributed by atoms with Crippen molar-refractivity contribution >= 4 is 16.6 Å². The first-order valence-electron chi connectivity index (χ1n) is 6.31. The molecule has 2 rings (SSSR count). The molecule has 1 N–H and O–H groups in total. The number of non-ortho nitro benzene ring substituents is 1. The Hall–Kier alpha value is -1.95. The Bertz CT molecular complexity index is 602. The molecule has 6 nitrogen and oxygen atoms in total. The quantitative estimate of drug-likeness (QED) is 0.663. The molecule has 2 aromatic rings. The molecule has 0 saturated heterocycles. The molecule has 6 heteroatoms. The van der Waals surface area contributed by atoms with Gasteiger partial charge in [0.05, 0.1) is 28.8 Å². The molecule has 19 heavy (non-hydrogen) atoms. The number of aromatic nitrogens is 2. The third-order valence-electron chi connectivity index (χ3n) is 3.60. The number of fused-ring (bicyclic) bond motifs is 1. The van der Waals surface area contributed by atoms with Gasteiger partial charge in [0.15, 0.2) is 0 Å². The average Bonchev–Trinajstić information content (AvgIpc) is 2.81. The molecule has 0 spiro atoms. The Balaban J connectivity index is 2.44. The molecule has 0 bridgehead atoms. The average molecular weight is 263 g/mol. The summed E-state index contributed by atoms with van der Waals surface area (Å²) in [6, 6.07) is 4.63. The monoisotopic (exact) mass is 263 g/mol. The van der Waals surface area contributed by atoms with Gasteiger partial charge >= 0.3 is 0 Å². The lowest BCUT2D eigenvalue weighted by Crippen LogP contribution is -2.32. The Morgan fingerprint density at radius 2 is 2.11 bits per heavy atom. The number of nitro groups is 1. The summed E-state index contributed by atoms with van der Waals surface area (Å²) in [7, 11) is 0. The molecule has 0 saturated carbocycles. The van der Waals surface area contributed by atoms with Gasteiger partial charge in [-0.2, -0.15) is 5.10 Å². The van der Waals surface area contributed by atoms with Crippen LogP contribution in [-0.4, -0.2) is 25.4 Å². The van der Waals surface area contributed by atoms with Crippen molar-refractivity contribution in [2.24, 2.45) is 0 Å². The number of rotatable bonds is 5. The Labute approximate surface area is 110 Å². The van der Waals surface area contributed by atoms with E-state index >= 15 is 0 Å². The van der Waals surface area contributed by atoms with E-state index in [4.69, 9.17) is 0 Å². The normalized spacial score (nSPS) is 11.9. The van der Waals surface area contributed by atoms with Crippen LogP contribution in [0.15, 0.2) is 24.4 Å². The highest BCUT2D eigenvalue weighted by Gasteiger charge is 2.24. The Kier molecular flexibility index (Phi) is 3.53. The molecule has 0 unspecified atom stereocenters. The van der Waals surface area contributed by atoms with E-state index in [2.05, 4.69) is 5.10 Å². The van der Waals surface area contributed by atoms with E-state index in [1.165, 1.54) is 12.1 Å². The number of nitro benzene ring substituents is 1. The second-order valence-electron chi connectivity index (χ2n) is 4.73. The lowest BCUT2D eigenvalue weighted by atomic mass is 9.98. The predicted molar refractivity (Wildman–Crippen MR) is 71.9 cm³/mol. The standard InChI is InChI=1S/C13H17N3O3/c1-3-13(17,4-2)9-15-12-7-11(16(18)19)6-5-10(12)8-14-15/h5-8,17H,3-4,9H2,1-2H3. The molecular formula is C13H17N3O3. The number of hydrogen-bond donors (Lipinski definition) is 1. The van der Waals surface area contributed by atoms with E-state index in [0.29, 0.717) is 24.9 Å². The maximum atomic E-state index is 10.8. The maximum absolute atomic E-state index is 10.8. The van der Waals surface area contributed by atoms with E-state index in [0.717, 1.165) is 5.39 Å². The zero-order valence-electron chi connectivity index (χ0n) is 11.0. The van der Waals surface area contributed by atoms with Crippen molar-refractivity contribution in [1.29, 1.82) is 0 Å². The highest BCUT2D eigenvalue weighted by molar-refractivity contribution is 5.80. The molecule has 102 valence electrons. The summed E-state index contributed by atoms with van der Waals surface area (Å²) in [5.41, 5.74) is -0.121. The van der Waals surface area contributed by atoms with Crippen LogP contribution < -0.4 is 0 Å². The minimum atomic E-state index is -0.830. The summed E-state index contributed by atoms with van der Waals surface area (Å²) in [5.74, 6) is 0. The van der Waals surface area contributed by atoms with Gasteiger partial charge < -0.3 is 5.11 Å². The van der Waals surface area contributed by atoms with E-state index in [1.54, 1.807) is 16.9 Å². The first-order chi connectivity index (χ1) is 8.99. The maximum Gasteiger partial charge on any atom is 0.271 e. The van der Waals surface area contributed by atoms with Crippen LogP contribution in [0.5, 0.6) is 0 Å². The Morgan fingerprint density at radius 1 is 1.42 bits per heavy atom. The van der Waals surface area contributed by atoms with Crippen molar-refractivity contribution in [3.63, 3.8) is 0 Å². The van der Waals surface area contributed by atoms with Gasteiger partial charge in [0.2, 0.25) is 0 Å². The van der Waals surface area contributed by atoms with Crippen molar-refractivity contribution in [3.8, 4) is 0 Å². The van der Waals surface area contributed by atoms with Gasteiger partial charge in [-0.05, 0) is 18.9 Å². The number of aliphatic hydroxyl groups is 1. The molecule has 0 aliphatic heterocycles. The van der Waals surface area contributed by atoms with Crippen LogP contribution in [0, 0.1) is 10.1 Å². The molecular weight excluding hydrogens is 246 g/mol. The minimum absolute atomic E-state index is 0.0331. The molecule has 1 aromatic carbocycles. The van der Waals surface area contributed by atoms with Gasteiger partial charge in [-0.1, -0.05) is 13.8 Å². The van der Waals surface area contributed by atoms with E-state index in [1.807, 2.05) is 13.8 Å². The first kappa shape index (κ1) is 13.5. The van der Waals surface area contributed by atoms with Crippen molar-refractivity contribution in [2.45, 2.75) is 38.8 Å². The molecule has 1 heterocycles. The summed E-state index contributed by atoms with van der Waals surface area (Å²) >= 11 is 0. The second kappa shape index (κ2) is 4.97. The predicted octanol–water partition coefficient (Wildman–Crippen LogP) is 2.50. The van der Waals surface area contributed by atoms with Gasteiger partial charge in [-0.3, -0.25) is 14.8 Å². The van der Waals surface area contributed by atoms with Crippen LogP contribution in [0.25, 0.3) is 10.9 Å². The summed E-state index contributed by atoms with van der Waals surface area (Å²) in [6.45, 7) is 4.17. The van der Waals surface area contributed by atoms with Gasteiger partial charge in [0.1, 0.15) is 0 Å². The van der Waals surface area contributed by atoms with Gasteiger partial charge in [0.25, 0.3) is 5.69 Å². The van der Waals surface area contributed by atoms with Crippen molar-refractivity contribution in [2.75, 3.05) is 0 Å². The summed E-state index contributed by atoms with van der Waals surface area (Å²) in [6.07, 6.45) is 2.88.